The van der Waals surface area contributed by atoms with E-state index < -0.39 is 0 Å². The molecule has 20 heavy (non-hydrogen) atoms. The van der Waals surface area contributed by atoms with E-state index in [2.05, 4.69) is 10.6 Å². The maximum Gasteiger partial charge on any atom is 0.219 e. The van der Waals surface area contributed by atoms with Gasteiger partial charge < -0.3 is 16.4 Å². The third kappa shape index (κ3) is 4.31. The summed E-state index contributed by atoms with van der Waals surface area (Å²) in [6.45, 7) is 1.93. The summed E-state index contributed by atoms with van der Waals surface area (Å²) in [6, 6.07) is 18.0. The topological polar surface area (TPSA) is 67.2 Å². The molecule has 0 aliphatic heterocycles. The summed E-state index contributed by atoms with van der Waals surface area (Å²) in [5.41, 5.74) is 8.21. The standard InChI is InChI=1S/C16H19N3O/c1-12(11-16(17)20)18-14-7-9-15(10-8-14)19-13-5-3-2-4-6-13/h2-10,12,18-19H,11H2,1H3,(H2,17,20). The van der Waals surface area contributed by atoms with Crippen LogP contribution in [-0.4, -0.2) is 11.9 Å². The molecule has 2 rings (SSSR count). The number of para-hydroxylation sites is 1. The van der Waals surface area contributed by atoms with E-state index in [-0.39, 0.29) is 11.9 Å². The predicted molar refractivity (Wildman–Crippen MR) is 83.1 cm³/mol. The Morgan fingerprint density at radius 1 is 1.00 bits per heavy atom. The fraction of sp³-hybridized carbons (Fsp3) is 0.188. The largest absolute Gasteiger partial charge is 0.382 e. The summed E-state index contributed by atoms with van der Waals surface area (Å²) >= 11 is 0. The molecule has 104 valence electrons. The van der Waals surface area contributed by atoms with Crippen LogP contribution in [0.2, 0.25) is 0 Å². The molecule has 0 bridgehead atoms. The van der Waals surface area contributed by atoms with Crippen LogP contribution in [0.5, 0.6) is 0 Å². The fourth-order valence-corrected chi connectivity index (χ4v) is 1.98. The zero-order valence-electron chi connectivity index (χ0n) is 11.5. The number of primary amides is 1. The molecule has 0 spiro atoms. The van der Waals surface area contributed by atoms with Crippen molar-refractivity contribution in [1.82, 2.24) is 0 Å². The summed E-state index contributed by atoms with van der Waals surface area (Å²) in [7, 11) is 0. The van der Waals surface area contributed by atoms with Crippen molar-refractivity contribution >= 4 is 23.0 Å². The number of anilines is 3. The SMILES string of the molecule is CC(CC(N)=O)Nc1ccc(Nc2ccccc2)cc1. The maximum atomic E-state index is 10.8. The molecule has 0 fully saturated rings. The van der Waals surface area contributed by atoms with Gasteiger partial charge in [0.25, 0.3) is 0 Å². The lowest BCUT2D eigenvalue weighted by atomic mass is 10.2. The lowest BCUT2D eigenvalue weighted by molar-refractivity contribution is -0.118. The molecule has 1 atom stereocenters. The predicted octanol–water partition coefficient (Wildman–Crippen LogP) is 3.11. The molecule has 0 radical (unpaired) electrons. The van der Waals surface area contributed by atoms with Crippen LogP contribution in [0.15, 0.2) is 54.6 Å². The van der Waals surface area contributed by atoms with E-state index in [0.29, 0.717) is 6.42 Å². The molecule has 4 nitrogen and oxygen atoms in total. The molecule has 1 amide bonds. The van der Waals surface area contributed by atoms with Crippen LogP contribution in [0, 0.1) is 0 Å². The van der Waals surface area contributed by atoms with Gasteiger partial charge in [0.05, 0.1) is 0 Å². The first-order valence-electron chi connectivity index (χ1n) is 6.60. The second-order valence-corrected chi connectivity index (χ2v) is 4.78. The summed E-state index contributed by atoms with van der Waals surface area (Å²) in [4.78, 5) is 10.8. The summed E-state index contributed by atoms with van der Waals surface area (Å²) in [5, 5.41) is 6.55. The van der Waals surface area contributed by atoms with Crippen LogP contribution in [0.3, 0.4) is 0 Å². The van der Waals surface area contributed by atoms with Gasteiger partial charge in [-0.05, 0) is 43.3 Å². The highest BCUT2D eigenvalue weighted by molar-refractivity contribution is 5.75. The average Bonchev–Trinajstić information content (AvgIpc) is 2.41. The number of carbonyl (C=O) groups is 1. The molecule has 0 aliphatic rings. The molecule has 0 saturated carbocycles. The summed E-state index contributed by atoms with van der Waals surface area (Å²) in [6.07, 6.45) is 0.323. The van der Waals surface area contributed by atoms with Crippen molar-refractivity contribution in [3.05, 3.63) is 54.6 Å². The highest BCUT2D eigenvalue weighted by Gasteiger charge is 2.05. The third-order valence-corrected chi connectivity index (χ3v) is 2.87. The van der Waals surface area contributed by atoms with Gasteiger partial charge in [-0.25, -0.2) is 0 Å². The normalized spacial score (nSPS) is 11.7. The number of nitrogens with one attached hydrogen (secondary N) is 2. The van der Waals surface area contributed by atoms with Crippen molar-refractivity contribution < 1.29 is 4.79 Å². The molecule has 4 heteroatoms. The Balaban J connectivity index is 1.94. The van der Waals surface area contributed by atoms with Crippen LogP contribution >= 0.6 is 0 Å². The number of nitrogens with two attached hydrogens (primary N) is 1. The Morgan fingerprint density at radius 3 is 2.15 bits per heavy atom. The molecular formula is C16H19N3O. The second-order valence-electron chi connectivity index (χ2n) is 4.78. The molecule has 0 saturated heterocycles. The lowest BCUT2D eigenvalue weighted by Gasteiger charge is -2.14. The Hall–Kier alpha value is -2.49. The fourth-order valence-electron chi connectivity index (χ4n) is 1.98. The van der Waals surface area contributed by atoms with Crippen LogP contribution in [0.25, 0.3) is 0 Å². The average molecular weight is 269 g/mol. The number of hydrogen-bond acceptors (Lipinski definition) is 3. The maximum absolute atomic E-state index is 10.8. The Morgan fingerprint density at radius 2 is 1.55 bits per heavy atom. The van der Waals surface area contributed by atoms with Crippen molar-refractivity contribution in [1.29, 1.82) is 0 Å². The van der Waals surface area contributed by atoms with Gasteiger partial charge in [0.15, 0.2) is 0 Å². The summed E-state index contributed by atoms with van der Waals surface area (Å²) in [5.74, 6) is -0.299. The van der Waals surface area contributed by atoms with E-state index in [1.54, 1.807) is 0 Å². The molecule has 2 aromatic rings. The lowest BCUT2D eigenvalue weighted by Crippen LogP contribution is -2.23. The Labute approximate surface area is 119 Å². The van der Waals surface area contributed by atoms with Crippen LogP contribution in [0.4, 0.5) is 17.1 Å². The first kappa shape index (κ1) is 13.9. The molecular weight excluding hydrogens is 250 g/mol. The molecule has 0 heterocycles. The first-order chi connectivity index (χ1) is 9.63. The zero-order valence-corrected chi connectivity index (χ0v) is 11.5. The smallest absolute Gasteiger partial charge is 0.219 e. The van der Waals surface area contributed by atoms with Gasteiger partial charge in [-0.1, -0.05) is 18.2 Å². The highest BCUT2D eigenvalue weighted by atomic mass is 16.1. The van der Waals surface area contributed by atoms with Gasteiger partial charge in [0, 0.05) is 29.5 Å². The van der Waals surface area contributed by atoms with Crippen molar-refractivity contribution in [2.45, 2.75) is 19.4 Å². The summed E-state index contributed by atoms with van der Waals surface area (Å²) < 4.78 is 0. The third-order valence-electron chi connectivity index (χ3n) is 2.87. The monoisotopic (exact) mass is 269 g/mol. The van der Waals surface area contributed by atoms with E-state index in [9.17, 15) is 4.79 Å². The van der Waals surface area contributed by atoms with E-state index >= 15 is 0 Å². The van der Waals surface area contributed by atoms with Crippen LogP contribution in [0.1, 0.15) is 13.3 Å². The number of rotatable bonds is 6. The molecule has 0 aromatic heterocycles. The quantitative estimate of drug-likeness (QED) is 0.755. The zero-order chi connectivity index (χ0) is 14.4. The van der Waals surface area contributed by atoms with Gasteiger partial charge in [0.1, 0.15) is 0 Å². The Bertz CT molecular complexity index is 552. The Kier molecular flexibility index (Phi) is 4.60. The van der Waals surface area contributed by atoms with Crippen LogP contribution < -0.4 is 16.4 Å². The van der Waals surface area contributed by atoms with Crippen molar-refractivity contribution in [3.8, 4) is 0 Å². The minimum absolute atomic E-state index is 0.0282. The molecule has 0 aliphatic carbocycles. The van der Waals surface area contributed by atoms with E-state index in [1.165, 1.54) is 0 Å². The number of carbonyl (C=O) groups excluding carboxylic acids is 1. The molecule has 4 N–H and O–H groups in total. The van der Waals surface area contributed by atoms with Gasteiger partial charge >= 0.3 is 0 Å². The number of amides is 1. The first-order valence-corrected chi connectivity index (χ1v) is 6.60. The minimum Gasteiger partial charge on any atom is -0.382 e. The van der Waals surface area contributed by atoms with Gasteiger partial charge in [-0.2, -0.15) is 0 Å². The van der Waals surface area contributed by atoms with E-state index in [0.717, 1.165) is 17.1 Å². The van der Waals surface area contributed by atoms with Gasteiger partial charge in [0.2, 0.25) is 5.91 Å². The van der Waals surface area contributed by atoms with Crippen molar-refractivity contribution in [2.75, 3.05) is 10.6 Å². The van der Waals surface area contributed by atoms with E-state index in [1.807, 2.05) is 61.5 Å². The van der Waals surface area contributed by atoms with Crippen LogP contribution in [-0.2, 0) is 4.79 Å². The molecule has 1 unspecified atom stereocenters. The van der Waals surface area contributed by atoms with Crippen molar-refractivity contribution in [3.63, 3.8) is 0 Å². The molecule has 2 aromatic carbocycles. The number of benzene rings is 2. The minimum atomic E-state index is -0.299. The van der Waals surface area contributed by atoms with E-state index in [4.69, 9.17) is 5.73 Å². The van der Waals surface area contributed by atoms with Crippen molar-refractivity contribution in [2.24, 2.45) is 5.73 Å². The highest BCUT2D eigenvalue weighted by Crippen LogP contribution is 2.19. The van der Waals surface area contributed by atoms with Gasteiger partial charge in [-0.3, -0.25) is 4.79 Å². The second kappa shape index (κ2) is 6.61. The van der Waals surface area contributed by atoms with Gasteiger partial charge in [-0.15, -0.1) is 0 Å². The number of hydrogen-bond donors (Lipinski definition) is 3.